The summed E-state index contributed by atoms with van der Waals surface area (Å²) >= 11 is 0. The fourth-order valence-corrected chi connectivity index (χ4v) is 4.73. The number of hydrogen-bond donors (Lipinski definition) is 1. The summed E-state index contributed by atoms with van der Waals surface area (Å²) in [4.78, 5) is 27.0. The lowest BCUT2D eigenvalue weighted by Gasteiger charge is -2.32. The predicted molar refractivity (Wildman–Crippen MR) is 124 cm³/mol. The van der Waals surface area contributed by atoms with Gasteiger partial charge >= 0.3 is 0 Å². The summed E-state index contributed by atoms with van der Waals surface area (Å²) in [5, 5.41) is 0.965. The molecule has 0 bridgehead atoms. The molecule has 1 saturated heterocycles. The maximum absolute atomic E-state index is 13.1. The number of piperidine rings is 1. The molecule has 2 amide bonds. The first-order chi connectivity index (χ1) is 15.1. The van der Waals surface area contributed by atoms with Crippen molar-refractivity contribution >= 4 is 22.7 Å². The third kappa shape index (κ3) is 4.66. The van der Waals surface area contributed by atoms with Gasteiger partial charge in [-0.05, 0) is 61.4 Å². The van der Waals surface area contributed by atoms with Gasteiger partial charge in [0.15, 0.2) is 0 Å². The minimum Gasteiger partial charge on any atom is -0.368 e. The third-order valence-electron chi connectivity index (χ3n) is 6.46. The van der Waals surface area contributed by atoms with Crippen LogP contribution in [0, 0.1) is 5.92 Å². The SMILES string of the molecule is CCCC(C(N)=O)n1ccc2cc(C(=O)N3CCC(Cc4ccccc4)CC3)ccc21. The van der Waals surface area contributed by atoms with Gasteiger partial charge in [-0.2, -0.15) is 0 Å². The van der Waals surface area contributed by atoms with Crippen LogP contribution in [0.3, 0.4) is 0 Å². The number of rotatable bonds is 7. The molecular weight excluding hydrogens is 386 g/mol. The van der Waals surface area contributed by atoms with Crippen molar-refractivity contribution in [1.29, 1.82) is 0 Å². The number of carbonyl (C=O) groups excluding carboxylic acids is 2. The van der Waals surface area contributed by atoms with Crippen LogP contribution in [-0.2, 0) is 11.2 Å². The van der Waals surface area contributed by atoms with E-state index in [-0.39, 0.29) is 17.9 Å². The molecule has 4 rings (SSSR count). The lowest BCUT2D eigenvalue weighted by atomic mass is 9.90. The first kappa shape index (κ1) is 21.2. The zero-order valence-corrected chi connectivity index (χ0v) is 18.2. The van der Waals surface area contributed by atoms with Crippen LogP contribution in [0.25, 0.3) is 10.9 Å². The van der Waals surface area contributed by atoms with Crippen molar-refractivity contribution in [3.05, 3.63) is 71.9 Å². The highest BCUT2D eigenvalue weighted by Crippen LogP contribution is 2.26. The Balaban J connectivity index is 1.43. The molecule has 1 aromatic heterocycles. The summed E-state index contributed by atoms with van der Waals surface area (Å²) in [6.07, 6.45) is 6.65. The maximum atomic E-state index is 13.1. The minimum atomic E-state index is -0.354. The molecule has 0 spiro atoms. The van der Waals surface area contributed by atoms with E-state index in [1.165, 1.54) is 5.56 Å². The number of nitrogens with two attached hydrogens (primary N) is 1. The van der Waals surface area contributed by atoms with Gasteiger partial charge in [-0.15, -0.1) is 0 Å². The average Bonchev–Trinajstić information content (AvgIpc) is 3.21. The predicted octanol–water partition coefficient (Wildman–Crippen LogP) is 4.56. The average molecular weight is 418 g/mol. The van der Waals surface area contributed by atoms with Crippen LogP contribution in [0.2, 0.25) is 0 Å². The van der Waals surface area contributed by atoms with Crippen molar-refractivity contribution in [2.75, 3.05) is 13.1 Å². The van der Waals surface area contributed by atoms with E-state index in [1.54, 1.807) is 0 Å². The monoisotopic (exact) mass is 417 g/mol. The first-order valence-electron chi connectivity index (χ1n) is 11.3. The van der Waals surface area contributed by atoms with E-state index in [0.29, 0.717) is 17.9 Å². The number of primary amides is 1. The van der Waals surface area contributed by atoms with Gasteiger partial charge in [0.25, 0.3) is 5.91 Å². The van der Waals surface area contributed by atoms with E-state index in [4.69, 9.17) is 5.73 Å². The Morgan fingerprint density at radius 1 is 1.06 bits per heavy atom. The highest BCUT2D eigenvalue weighted by atomic mass is 16.2. The highest BCUT2D eigenvalue weighted by molar-refractivity contribution is 5.98. The van der Waals surface area contributed by atoms with Gasteiger partial charge in [0, 0.05) is 35.8 Å². The molecular formula is C26H31N3O2. The van der Waals surface area contributed by atoms with Crippen LogP contribution < -0.4 is 5.73 Å². The van der Waals surface area contributed by atoms with E-state index >= 15 is 0 Å². The number of amides is 2. The van der Waals surface area contributed by atoms with Crippen LogP contribution in [0.15, 0.2) is 60.8 Å². The van der Waals surface area contributed by atoms with Crippen molar-refractivity contribution in [3.8, 4) is 0 Å². The van der Waals surface area contributed by atoms with Gasteiger partial charge < -0.3 is 15.2 Å². The lowest BCUT2D eigenvalue weighted by Crippen LogP contribution is -2.38. The number of hydrogen-bond acceptors (Lipinski definition) is 2. The van der Waals surface area contributed by atoms with Gasteiger partial charge in [-0.1, -0.05) is 43.7 Å². The molecule has 162 valence electrons. The molecule has 0 aliphatic carbocycles. The van der Waals surface area contributed by atoms with Crippen molar-refractivity contribution in [2.24, 2.45) is 11.7 Å². The summed E-state index contributed by atoms with van der Waals surface area (Å²) in [7, 11) is 0. The molecule has 1 unspecified atom stereocenters. The minimum absolute atomic E-state index is 0.0906. The Morgan fingerprint density at radius 3 is 2.48 bits per heavy atom. The van der Waals surface area contributed by atoms with Crippen LogP contribution in [-0.4, -0.2) is 34.4 Å². The smallest absolute Gasteiger partial charge is 0.253 e. The lowest BCUT2D eigenvalue weighted by molar-refractivity contribution is -0.121. The number of nitrogens with zero attached hydrogens (tertiary/aromatic N) is 2. The second-order valence-corrected chi connectivity index (χ2v) is 8.63. The summed E-state index contributed by atoms with van der Waals surface area (Å²) in [5.41, 5.74) is 8.64. The standard InChI is InChI=1S/C26H31N3O2/c1-2-6-24(25(27)30)29-16-13-21-18-22(9-10-23(21)29)26(31)28-14-11-20(12-15-28)17-19-7-4-3-5-8-19/h3-5,7-10,13,16,18,20,24H,2,6,11-12,14-15,17H2,1H3,(H2,27,30). The quantitative estimate of drug-likeness (QED) is 0.612. The van der Waals surface area contributed by atoms with Gasteiger partial charge in [0.05, 0.1) is 0 Å². The summed E-state index contributed by atoms with van der Waals surface area (Å²) in [6.45, 7) is 3.65. The van der Waals surface area contributed by atoms with Crippen LogP contribution in [0.5, 0.6) is 0 Å². The number of likely N-dealkylation sites (tertiary alicyclic amines) is 1. The highest BCUT2D eigenvalue weighted by Gasteiger charge is 2.24. The van der Waals surface area contributed by atoms with Crippen molar-refractivity contribution in [3.63, 3.8) is 0 Å². The van der Waals surface area contributed by atoms with E-state index in [9.17, 15) is 9.59 Å². The molecule has 5 nitrogen and oxygen atoms in total. The summed E-state index contributed by atoms with van der Waals surface area (Å²) < 4.78 is 1.94. The maximum Gasteiger partial charge on any atom is 0.253 e. The molecule has 1 aliphatic heterocycles. The van der Waals surface area contributed by atoms with Gasteiger partial charge in [-0.25, -0.2) is 0 Å². The number of benzene rings is 2. The molecule has 3 aromatic rings. The Labute approximate surface area is 183 Å². The third-order valence-corrected chi connectivity index (χ3v) is 6.46. The Bertz CT molecular complexity index is 1050. The van der Waals surface area contributed by atoms with E-state index in [0.717, 1.165) is 49.7 Å². The van der Waals surface area contributed by atoms with Gasteiger partial charge in [0.2, 0.25) is 5.91 Å². The molecule has 5 heteroatoms. The van der Waals surface area contributed by atoms with Gasteiger partial charge in [-0.3, -0.25) is 9.59 Å². The molecule has 2 N–H and O–H groups in total. The van der Waals surface area contributed by atoms with E-state index in [2.05, 4.69) is 24.3 Å². The Morgan fingerprint density at radius 2 is 1.81 bits per heavy atom. The van der Waals surface area contributed by atoms with Crippen LogP contribution in [0.1, 0.15) is 54.6 Å². The van der Waals surface area contributed by atoms with Crippen molar-refractivity contribution < 1.29 is 9.59 Å². The van der Waals surface area contributed by atoms with Gasteiger partial charge in [0.1, 0.15) is 6.04 Å². The molecule has 31 heavy (non-hydrogen) atoms. The van der Waals surface area contributed by atoms with E-state index in [1.807, 2.05) is 52.9 Å². The number of fused-ring (bicyclic) bond motifs is 1. The molecule has 1 fully saturated rings. The molecule has 1 aliphatic rings. The largest absolute Gasteiger partial charge is 0.368 e. The second kappa shape index (κ2) is 9.38. The topological polar surface area (TPSA) is 68.3 Å². The normalized spacial score (nSPS) is 15.8. The molecule has 2 aromatic carbocycles. The zero-order valence-electron chi connectivity index (χ0n) is 18.2. The molecule has 2 heterocycles. The molecule has 1 atom stereocenters. The number of carbonyl (C=O) groups is 2. The van der Waals surface area contributed by atoms with Crippen molar-refractivity contribution in [2.45, 2.75) is 45.1 Å². The molecule has 0 radical (unpaired) electrons. The first-order valence-corrected chi connectivity index (χ1v) is 11.3. The second-order valence-electron chi connectivity index (χ2n) is 8.63. The zero-order chi connectivity index (χ0) is 21.8. The Hall–Kier alpha value is -3.08. The molecule has 0 saturated carbocycles. The van der Waals surface area contributed by atoms with E-state index < -0.39 is 0 Å². The Kier molecular flexibility index (Phi) is 6.40. The summed E-state index contributed by atoms with van der Waals surface area (Å²) in [6, 6.07) is 18.0. The fourth-order valence-electron chi connectivity index (χ4n) is 4.73. The fraction of sp³-hybridized carbons (Fsp3) is 0.385. The van der Waals surface area contributed by atoms with Crippen LogP contribution >= 0.6 is 0 Å². The van der Waals surface area contributed by atoms with Crippen molar-refractivity contribution in [1.82, 2.24) is 9.47 Å². The van der Waals surface area contributed by atoms with Crippen LogP contribution in [0.4, 0.5) is 0 Å². The number of aromatic nitrogens is 1. The summed E-state index contributed by atoms with van der Waals surface area (Å²) in [5.74, 6) is 0.401.